The van der Waals surface area contributed by atoms with Crippen molar-refractivity contribution in [2.75, 3.05) is 0 Å². The minimum absolute atomic E-state index is 0.579. The van der Waals surface area contributed by atoms with Gasteiger partial charge in [0, 0.05) is 17.8 Å². The molecule has 1 aliphatic rings. The van der Waals surface area contributed by atoms with Crippen molar-refractivity contribution in [3.05, 3.63) is 52.1 Å². The zero-order valence-corrected chi connectivity index (χ0v) is 14.8. The van der Waals surface area contributed by atoms with Crippen molar-refractivity contribution < 1.29 is 0 Å². The molecular weight excluding hydrogens is 354 g/mol. The van der Waals surface area contributed by atoms with E-state index in [0.29, 0.717) is 12.6 Å². The van der Waals surface area contributed by atoms with Gasteiger partial charge in [-0.3, -0.25) is 4.68 Å². The molecule has 1 fully saturated rings. The fourth-order valence-corrected chi connectivity index (χ4v) is 3.40. The highest BCUT2D eigenvalue weighted by molar-refractivity contribution is 9.10. The number of aryl methyl sites for hydroxylation is 2. The van der Waals surface area contributed by atoms with Crippen LogP contribution in [0.2, 0.25) is 0 Å². The molecule has 4 rings (SSSR count). The Balaban J connectivity index is 1.64. The highest BCUT2D eigenvalue weighted by Gasteiger charge is 2.28. The first-order valence-electron chi connectivity index (χ1n) is 7.82. The lowest BCUT2D eigenvalue weighted by atomic mass is 10.1. The maximum Gasteiger partial charge on any atom is 0.155 e. The van der Waals surface area contributed by atoms with Gasteiger partial charge >= 0.3 is 0 Å². The van der Waals surface area contributed by atoms with E-state index in [1.165, 1.54) is 18.4 Å². The Hall–Kier alpha value is -1.95. The van der Waals surface area contributed by atoms with E-state index in [4.69, 9.17) is 5.10 Å². The second-order valence-corrected chi connectivity index (χ2v) is 7.01. The summed E-state index contributed by atoms with van der Waals surface area (Å²) in [7, 11) is 0. The first kappa shape index (κ1) is 14.6. The van der Waals surface area contributed by atoms with Crippen LogP contribution in [0.1, 0.15) is 36.1 Å². The Labute approximate surface area is 143 Å². The number of benzene rings is 1. The first-order valence-corrected chi connectivity index (χ1v) is 8.61. The van der Waals surface area contributed by atoms with Gasteiger partial charge in [0.1, 0.15) is 18.1 Å². The largest absolute Gasteiger partial charge is 0.311 e. The second-order valence-electron chi connectivity index (χ2n) is 6.15. The SMILES string of the molecule is Cc1ccc(-c2nn(Cc3nnc(C)n3C3CC3)cc2Br)cc1. The number of hydrogen-bond donors (Lipinski definition) is 0. The molecule has 0 N–H and O–H groups in total. The highest BCUT2D eigenvalue weighted by Crippen LogP contribution is 2.36. The quantitative estimate of drug-likeness (QED) is 0.698. The van der Waals surface area contributed by atoms with Crippen molar-refractivity contribution in [3.8, 4) is 11.3 Å². The lowest BCUT2D eigenvalue weighted by molar-refractivity contribution is 0.594. The summed E-state index contributed by atoms with van der Waals surface area (Å²) in [5.41, 5.74) is 3.32. The van der Waals surface area contributed by atoms with Crippen LogP contribution in [-0.4, -0.2) is 24.5 Å². The van der Waals surface area contributed by atoms with Crippen molar-refractivity contribution in [1.29, 1.82) is 0 Å². The van der Waals surface area contributed by atoms with Gasteiger partial charge in [-0.25, -0.2) is 0 Å². The summed E-state index contributed by atoms with van der Waals surface area (Å²) < 4.78 is 5.18. The lowest BCUT2D eigenvalue weighted by Gasteiger charge is -2.06. The van der Waals surface area contributed by atoms with Gasteiger partial charge in [0.2, 0.25) is 0 Å². The van der Waals surface area contributed by atoms with E-state index < -0.39 is 0 Å². The molecule has 2 heterocycles. The van der Waals surface area contributed by atoms with Crippen molar-refractivity contribution in [2.24, 2.45) is 0 Å². The molecule has 2 aromatic heterocycles. The van der Waals surface area contributed by atoms with Crippen LogP contribution < -0.4 is 0 Å². The van der Waals surface area contributed by atoms with Crippen LogP contribution in [0.3, 0.4) is 0 Å². The monoisotopic (exact) mass is 371 g/mol. The fourth-order valence-electron chi connectivity index (χ4n) is 2.86. The molecule has 0 aliphatic heterocycles. The zero-order valence-electron chi connectivity index (χ0n) is 13.2. The minimum Gasteiger partial charge on any atom is -0.311 e. The van der Waals surface area contributed by atoms with Crippen LogP contribution >= 0.6 is 15.9 Å². The summed E-state index contributed by atoms with van der Waals surface area (Å²) in [6.07, 6.45) is 4.46. The highest BCUT2D eigenvalue weighted by atomic mass is 79.9. The van der Waals surface area contributed by atoms with E-state index >= 15 is 0 Å². The predicted molar refractivity (Wildman–Crippen MR) is 92.2 cm³/mol. The molecule has 5 nitrogen and oxygen atoms in total. The van der Waals surface area contributed by atoms with Gasteiger partial charge in [-0.1, -0.05) is 29.8 Å². The summed E-state index contributed by atoms with van der Waals surface area (Å²) in [5, 5.41) is 13.3. The molecule has 118 valence electrons. The molecule has 1 aliphatic carbocycles. The van der Waals surface area contributed by atoms with Crippen LogP contribution in [0.25, 0.3) is 11.3 Å². The summed E-state index contributed by atoms with van der Waals surface area (Å²) in [4.78, 5) is 0. The third kappa shape index (κ3) is 2.83. The maximum absolute atomic E-state index is 4.72. The van der Waals surface area contributed by atoms with E-state index in [-0.39, 0.29) is 0 Å². The van der Waals surface area contributed by atoms with Gasteiger partial charge in [-0.2, -0.15) is 5.10 Å². The average Bonchev–Trinajstić information content (AvgIpc) is 3.20. The summed E-state index contributed by atoms with van der Waals surface area (Å²) in [6.45, 7) is 4.75. The van der Waals surface area contributed by atoms with Crippen LogP contribution in [0.4, 0.5) is 0 Å². The minimum atomic E-state index is 0.579. The summed E-state index contributed by atoms with van der Waals surface area (Å²) >= 11 is 3.62. The van der Waals surface area contributed by atoms with E-state index in [0.717, 1.165) is 27.4 Å². The zero-order chi connectivity index (χ0) is 16.0. The number of hydrogen-bond acceptors (Lipinski definition) is 3. The van der Waals surface area contributed by atoms with Gasteiger partial charge in [0.15, 0.2) is 5.82 Å². The summed E-state index contributed by atoms with van der Waals surface area (Å²) in [5.74, 6) is 1.97. The Morgan fingerprint density at radius 2 is 1.87 bits per heavy atom. The Kier molecular flexibility index (Phi) is 3.56. The molecule has 0 radical (unpaired) electrons. The topological polar surface area (TPSA) is 48.5 Å². The molecule has 0 saturated heterocycles. The Morgan fingerprint density at radius 3 is 2.57 bits per heavy atom. The average molecular weight is 372 g/mol. The van der Waals surface area contributed by atoms with Gasteiger partial charge in [-0.15, -0.1) is 10.2 Å². The normalized spacial score (nSPS) is 14.4. The van der Waals surface area contributed by atoms with Gasteiger partial charge < -0.3 is 4.57 Å². The van der Waals surface area contributed by atoms with E-state index in [1.807, 2.05) is 17.8 Å². The van der Waals surface area contributed by atoms with Gasteiger partial charge in [-0.05, 0) is 42.6 Å². The molecule has 0 spiro atoms. The summed E-state index contributed by atoms with van der Waals surface area (Å²) in [6, 6.07) is 8.99. The van der Waals surface area contributed by atoms with Crippen molar-refractivity contribution in [1.82, 2.24) is 24.5 Å². The molecule has 0 unspecified atom stereocenters. The van der Waals surface area contributed by atoms with Crippen LogP contribution in [0.15, 0.2) is 34.9 Å². The molecular formula is C17H18BrN5. The van der Waals surface area contributed by atoms with Crippen molar-refractivity contribution in [3.63, 3.8) is 0 Å². The molecule has 0 bridgehead atoms. The fraction of sp³-hybridized carbons (Fsp3) is 0.353. The van der Waals surface area contributed by atoms with Crippen molar-refractivity contribution >= 4 is 15.9 Å². The molecule has 0 amide bonds. The molecule has 1 aromatic carbocycles. The maximum atomic E-state index is 4.72. The third-order valence-electron chi connectivity index (χ3n) is 4.19. The third-order valence-corrected chi connectivity index (χ3v) is 4.77. The first-order chi connectivity index (χ1) is 11.1. The Morgan fingerprint density at radius 1 is 1.13 bits per heavy atom. The molecule has 23 heavy (non-hydrogen) atoms. The molecule has 1 saturated carbocycles. The number of aromatic nitrogens is 5. The van der Waals surface area contributed by atoms with Gasteiger partial charge in [0.25, 0.3) is 0 Å². The predicted octanol–water partition coefficient (Wildman–Crippen LogP) is 3.90. The Bertz CT molecular complexity index is 842. The van der Waals surface area contributed by atoms with Crippen LogP contribution in [0.5, 0.6) is 0 Å². The molecule has 3 aromatic rings. The van der Waals surface area contributed by atoms with Crippen molar-refractivity contribution in [2.45, 2.75) is 39.3 Å². The smallest absolute Gasteiger partial charge is 0.155 e. The lowest BCUT2D eigenvalue weighted by Crippen LogP contribution is -2.09. The van der Waals surface area contributed by atoms with Gasteiger partial charge in [0.05, 0.1) is 4.47 Å². The second kappa shape index (κ2) is 5.60. The van der Waals surface area contributed by atoms with E-state index in [2.05, 4.69) is 61.9 Å². The van der Waals surface area contributed by atoms with E-state index in [1.54, 1.807) is 0 Å². The molecule has 6 heteroatoms. The number of nitrogens with zero attached hydrogens (tertiary/aromatic N) is 5. The number of halogens is 1. The van der Waals surface area contributed by atoms with Crippen LogP contribution in [-0.2, 0) is 6.54 Å². The number of rotatable bonds is 4. The molecule has 0 atom stereocenters. The van der Waals surface area contributed by atoms with E-state index in [9.17, 15) is 0 Å². The standard InChI is InChI=1S/C17H18BrN5/c1-11-3-5-13(6-4-11)17-15(18)9-22(21-17)10-16-20-19-12(2)23(16)14-7-8-14/h3-6,9,14H,7-8,10H2,1-2H3. The van der Waals surface area contributed by atoms with Crippen LogP contribution in [0, 0.1) is 13.8 Å².